The number of nitrogens with one attached hydrogen (secondary N) is 2. The highest BCUT2D eigenvalue weighted by Crippen LogP contribution is 2.27. The van der Waals surface area contributed by atoms with Gasteiger partial charge in [0.15, 0.2) is 11.5 Å². The van der Waals surface area contributed by atoms with E-state index >= 15 is 0 Å². The topological polar surface area (TPSA) is 76.7 Å². The predicted molar refractivity (Wildman–Crippen MR) is 99.4 cm³/mol. The molecule has 144 valence electrons. The Balaban J connectivity index is 1.71. The molecule has 7 heteroatoms. The van der Waals surface area contributed by atoms with Crippen molar-refractivity contribution in [1.29, 1.82) is 0 Å². The molecule has 0 saturated carbocycles. The summed E-state index contributed by atoms with van der Waals surface area (Å²) < 4.78 is 23.2. The van der Waals surface area contributed by atoms with Crippen LogP contribution in [-0.4, -0.2) is 39.1 Å². The Kier molecular flexibility index (Phi) is 7.61. The van der Waals surface area contributed by atoms with Crippen LogP contribution in [0, 0.1) is 5.82 Å². The van der Waals surface area contributed by atoms with Gasteiger partial charge in [0.2, 0.25) is 11.8 Å². The second-order valence-corrected chi connectivity index (χ2v) is 5.87. The number of hydrogen-bond donors (Lipinski definition) is 2. The maximum Gasteiger partial charge on any atom is 0.239 e. The molecule has 0 unspecified atom stereocenters. The first-order chi connectivity index (χ1) is 13.0. The summed E-state index contributed by atoms with van der Waals surface area (Å²) in [6.07, 6.45) is 0.717. The quantitative estimate of drug-likeness (QED) is 0.703. The first kappa shape index (κ1) is 20.2. The lowest BCUT2D eigenvalue weighted by molar-refractivity contribution is -0.125. The molecule has 2 N–H and O–H groups in total. The maximum absolute atomic E-state index is 12.8. The number of benzene rings is 2. The molecular formula is C20H23FN2O4. The second-order valence-electron chi connectivity index (χ2n) is 5.87. The van der Waals surface area contributed by atoms with Crippen molar-refractivity contribution in [1.82, 2.24) is 10.6 Å². The fourth-order valence-corrected chi connectivity index (χ4v) is 2.48. The van der Waals surface area contributed by atoms with Crippen LogP contribution in [0.4, 0.5) is 4.39 Å². The smallest absolute Gasteiger partial charge is 0.239 e. The zero-order valence-electron chi connectivity index (χ0n) is 15.4. The molecule has 2 amide bonds. The molecule has 0 atom stereocenters. The van der Waals surface area contributed by atoms with Crippen LogP contribution in [0.5, 0.6) is 11.5 Å². The van der Waals surface area contributed by atoms with E-state index in [-0.39, 0.29) is 30.6 Å². The summed E-state index contributed by atoms with van der Waals surface area (Å²) in [5.74, 6) is 0.289. The highest BCUT2D eigenvalue weighted by Gasteiger charge is 2.09. The lowest BCUT2D eigenvalue weighted by Crippen LogP contribution is -2.38. The average Bonchev–Trinajstić information content (AvgIpc) is 2.67. The third-order valence-electron chi connectivity index (χ3n) is 3.91. The van der Waals surface area contributed by atoms with E-state index in [4.69, 9.17) is 9.47 Å². The molecule has 0 fully saturated rings. The van der Waals surface area contributed by atoms with Gasteiger partial charge in [-0.1, -0.05) is 18.2 Å². The Bertz CT molecular complexity index is 778. The number of rotatable bonds is 9. The van der Waals surface area contributed by atoms with Crippen molar-refractivity contribution < 1.29 is 23.5 Å². The van der Waals surface area contributed by atoms with Crippen LogP contribution >= 0.6 is 0 Å². The van der Waals surface area contributed by atoms with E-state index in [0.29, 0.717) is 24.5 Å². The van der Waals surface area contributed by atoms with Crippen molar-refractivity contribution in [2.45, 2.75) is 12.8 Å². The summed E-state index contributed by atoms with van der Waals surface area (Å²) in [7, 11) is 3.07. The molecule has 2 rings (SSSR count). The molecule has 0 radical (unpaired) electrons. The van der Waals surface area contributed by atoms with Crippen LogP contribution in [0.1, 0.15) is 11.1 Å². The standard InChI is InChI=1S/C20H23FN2O4/c1-26-17-8-5-15(11-18(17)27-2)12-19(24)23-13-20(25)22-10-9-14-3-6-16(21)7-4-14/h3-8,11H,9-10,12-13H2,1-2H3,(H,22,25)(H,23,24). The molecule has 0 aliphatic rings. The van der Waals surface area contributed by atoms with Crippen molar-refractivity contribution in [3.8, 4) is 11.5 Å². The summed E-state index contributed by atoms with van der Waals surface area (Å²) in [6.45, 7) is 0.311. The lowest BCUT2D eigenvalue weighted by atomic mass is 10.1. The molecule has 0 saturated heterocycles. The van der Waals surface area contributed by atoms with Crippen molar-refractivity contribution in [2.75, 3.05) is 27.3 Å². The van der Waals surface area contributed by atoms with E-state index in [1.54, 1.807) is 37.4 Å². The Hall–Kier alpha value is -3.09. The van der Waals surface area contributed by atoms with Crippen LogP contribution in [0.3, 0.4) is 0 Å². The summed E-state index contributed by atoms with van der Waals surface area (Å²) >= 11 is 0. The van der Waals surface area contributed by atoms with E-state index < -0.39 is 0 Å². The van der Waals surface area contributed by atoms with Crippen LogP contribution in [-0.2, 0) is 22.4 Å². The predicted octanol–water partition coefficient (Wildman–Crippen LogP) is 1.86. The Labute approximate surface area is 157 Å². The third kappa shape index (κ3) is 6.62. The third-order valence-corrected chi connectivity index (χ3v) is 3.91. The SMILES string of the molecule is COc1ccc(CC(=O)NCC(=O)NCCc2ccc(F)cc2)cc1OC. The number of halogens is 1. The summed E-state index contributed by atoms with van der Waals surface area (Å²) in [5, 5.41) is 5.29. The monoisotopic (exact) mass is 374 g/mol. The second kappa shape index (κ2) is 10.2. The van der Waals surface area contributed by atoms with Gasteiger partial charge < -0.3 is 20.1 Å². The van der Waals surface area contributed by atoms with Gasteiger partial charge in [0.25, 0.3) is 0 Å². The van der Waals surface area contributed by atoms with Gasteiger partial charge in [-0.2, -0.15) is 0 Å². The number of ether oxygens (including phenoxy) is 2. The van der Waals surface area contributed by atoms with Gasteiger partial charge in [-0.25, -0.2) is 4.39 Å². The van der Waals surface area contributed by atoms with Crippen molar-refractivity contribution in [3.05, 3.63) is 59.4 Å². The summed E-state index contributed by atoms with van der Waals surface area (Å²) in [5.41, 5.74) is 1.68. The van der Waals surface area contributed by atoms with Gasteiger partial charge in [-0.15, -0.1) is 0 Å². The number of methoxy groups -OCH3 is 2. The maximum atomic E-state index is 12.8. The van der Waals surface area contributed by atoms with Crippen molar-refractivity contribution >= 4 is 11.8 Å². The minimum absolute atomic E-state index is 0.102. The highest BCUT2D eigenvalue weighted by molar-refractivity contribution is 5.85. The minimum atomic E-state index is -0.292. The number of hydrogen-bond acceptors (Lipinski definition) is 4. The molecule has 0 aliphatic carbocycles. The molecular weight excluding hydrogens is 351 g/mol. The van der Waals surface area contributed by atoms with E-state index in [1.807, 2.05) is 0 Å². The normalized spacial score (nSPS) is 10.2. The van der Waals surface area contributed by atoms with Gasteiger partial charge in [-0.3, -0.25) is 9.59 Å². The first-order valence-corrected chi connectivity index (χ1v) is 8.50. The van der Waals surface area contributed by atoms with Crippen LogP contribution < -0.4 is 20.1 Å². The Morgan fingerprint density at radius 1 is 0.889 bits per heavy atom. The number of carbonyl (C=O) groups excluding carboxylic acids is 2. The molecule has 2 aromatic carbocycles. The minimum Gasteiger partial charge on any atom is -0.493 e. The largest absolute Gasteiger partial charge is 0.493 e. The number of amides is 2. The van der Waals surface area contributed by atoms with Gasteiger partial charge in [0.05, 0.1) is 27.2 Å². The lowest BCUT2D eigenvalue weighted by Gasteiger charge is -2.10. The van der Waals surface area contributed by atoms with Gasteiger partial charge >= 0.3 is 0 Å². The zero-order chi connectivity index (χ0) is 19.6. The fraction of sp³-hybridized carbons (Fsp3) is 0.300. The van der Waals surface area contributed by atoms with Crippen molar-refractivity contribution in [2.24, 2.45) is 0 Å². The van der Waals surface area contributed by atoms with Crippen LogP contribution in [0.25, 0.3) is 0 Å². The van der Waals surface area contributed by atoms with Crippen molar-refractivity contribution in [3.63, 3.8) is 0 Å². The molecule has 6 nitrogen and oxygen atoms in total. The van der Waals surface area contributed by atoms with Gasteiger partial charge in [0, 0.05) is 6.54 Å². The molecule has 0 bridgehead atoms. The molecule has 0 heterocycles. The summed E-state index contributed by atoms with van der Waals surface area (Å²) in [4.78, 5) is 23.8. The molecule has 0 aliphatic heterocycles. The van der Waals surface area contributed by atoms with E-state index in [2.05, 4.69) is 10.6 Å². The Morgan fingerprint density at radius 3 is 2.22 bits per heavy atom. The first-order valence-electron chi connectivity index (χ1n) is 8.50. The van der Waals surface area contributed by atoms with E-state index in [1.165, 1.54) is 19.2 Å². The molecule has 27 heavy (non-hydrogen) atoms. The molecule has 2 aromatic rings. The summed E-state index contributed by atoms with van der Waals surface area (Å²) in [6, 6.07) is 11.3. The van der Waals surface area contributed by atoms with E-state index in [9.17, 15) is 14.0 Å². The fourth-order valence-electron chi connectivity index (χ4n) is 2.48. The number of carbonyl (C=O) groups is 2. The van der Waals surface area contributed by atoms with Gasteiger partial charge in [-0.05, 0) is 41.8 Å². The van der Waals surface area contributed by atoms with Crippen LogP contribution in [0.2, 0.25) is 0 Å². The Morgan fingerprint density at radius 2 is 1.56 bits per heavy atom. The molecule has 0 spiro atoms. The van der Waals surface area contributed by atoms with Crippen LogP contribution in [0.15, 0.2) is 42.5 Å². The zero-order valence-corrected chi connectivity index (χ0v) is 15.4. The average molecular weight is 374 g/mol. The molecule has 0 aromatic heterocycles. The van der Waals surface area contributed by atoms with Gasteiger partial charge in [0.1, 0.15) is 5.82 Å². The highest BCUT2D eigenvalue weighted by atomic mass is 19.1. The van der Waals surface area contributed by atoms with E-state index in [0.717, 1.165) is 11.1 Å².